The minimum Gasteiger partial charge on any atom is -0.130 e. The highest BCUT2D eigenvalue weighted by Crippen LogP contribution is 2.75. The van der Waals surface area contributed by atoms with E-state index in [4.69, 9.17) is 0 Å². The first kappa shape index (κ1) is 28.3. The standard InChI is InChI=1S/C36H44N4P/c1-27(2)33-35(29-19-11-7-12-20-29,30-21-13-8-14-22-30)37-41(39(33)5)38-36(31-23-15-9-16-24-31,32-25-17-10-18-26-32)34(28(3)4)40(41)6/h7-28,33-34,37-38H,1-6H3/q+1/t33-,34?,41?/m0/s1. The summed E-state index contributed by atoms with van der Waals surface area (Å²) >= 11 is 0. The van der Waals surface area contributed by atoms with Gasteiger partial charge in [0.2, 0.25) is 0 Å². The molecular formula is C36H44N4P+. The molecule has 0 amide bonds. The van der Waals surface area contributed by atoms with E-state index >= 15 is 0 Å². The molecule has 4 aromatic carbocycles. The Balaban J connectivity index is 1.64. The van der Waals surface area contributed by atoms with Crippen LogP contribution in [-0.4, -0.2) is 35.5 Å². The Morgan fingerprint density at radius 1 is 0.488 bits per heavy atom. The molecule has 5 heteroatoms. The number of nitrogens with one attached hydrogen (secondary N) is 2. The molecule has 2 aliphatic rings. The van der Waals surface area contributed by atoms with E-state index < -0.39 is 18.9 Å². The van der Waals surface area contributed by atoms with Crippen molar-refractivity contribution in [2.45, 2.75) is 50.9 Å². The van der Waals surface area contributed by atoms with Crippen LogP contribution in [0.5, 0.6) is 0 Å². The summed E-state index contributed by atoms with van der Waals surface area (Å²) in [4.78, 5) is 0. The number of rotatable bonds is 6. The van der Waals surface area contributed by atoms with Gasteiger partial charge in [0, 0.05) is 14.1 Å². The minimum atomic E-state index is -2.34. The molecule has 0 radical (unpaired) electrons. The zero-order valence-electron chi connectivity index (χ0n) is 25.2. The van der Waals surface area contributed by atoms with Gasteiger partial charge in [-0.15, -0.1) is 19.5 Å². The molecule has 4 aromatic rings. The zero-order chi connectivity index (χ0) is 28.8. The highest BCUT2D eigenvalue weighted by molar-refractivity contribution is 7.68. The van der Waals surface area contributed by atoms with Crippen molar-refractivity contribution in [3.63, 3.8) is 0 Å². The maximum Gasteiger partial charge on any atom is 0.306 e. The predicted octanol–water partition coefficient (Wildman–Crippen LogP) is 7.67. The van der Waals surface area contributed by atoms with E-state index in [1.165, 1.54) is 22.3 Å². The van der Waals surface area contributed by atoms with Crippen LogP contribution in [0.25, 0.3) is 0 Å². The first-order valence-electron chi connectivity index (χ1n) is 15.0. The van der Waals surface area contributed by atoms with E-state index in [0.717, 1.165) is 0 Å². The van der Waals surface area contributed by atoms with E-state index in [2.05, 4.69) is 183 Å². The molecule has 0 aromatic heterocycles. The maximum absolute atomic E-state index is 4.47. The summed E-state index contributed by atoms with van der Waals surface area (Å²) in [6, 6.07) is 44.9. The van der Waals surface area contributed by atoms with Crippen molar-refractivity contribution >= 4 is 7.87 Å². The van der Waals surface area contributed by atoms with Gasteiger partial charge in [-0.25, -0.2) is 0 Å². The minimum absolute atomic E-state index is 0.214. The molecule has 3 atom stereocenters. The number of hydrogen-bond acceptors (Lipinski definition) is 4. The molecule has 6 rings (SSSR count). The Morgan fingerprint density at radius 2 is 0.732 bits per heavy atom. The van der Waals surface area contributed by atoms with E-state index in [-0.39, 0.29) is 12.1 Å². The van der Waals surface area contributed by atoms with Gasteiger partial charge in [0.25, 0.3) is 0 Å². The Kier molecular flexibility index (Phi) is 7.43. The van der Waals surface area contributed by atoms with Gasteiger partial charge >= 0.3 is 7.87 Å². The number of likely N-dealkylation sites (N-methyl/N-ethyl adjacent to an activating group) is 2. The van der Waals surface area contributed by atoms with Crippen LogP contribution >= 0.6 is 7.87 Å². The van der Waals surface area contributed by atoms with Crippen molar-refractivity contribution in [3.05, 3.63) is 144 Å². The van der Waals surface area contributed by atoms with Crippen LogP contribution < -0.4 is 10.2 Å². The van der Waals surface area contributed by atoms with Gasteiger partial charge in [-0.2, -0.15) is 0 Å². The molecule has 0 saturated carbocycles. The maximum atomic E-state index is 4.47. The lowest BCUT2D eigenvalue weighted by molar-refractivity contribution is 0.219. The quantitative estimate of drug-likeness (QED) is 0.236. The Hall–Kier alpha value is -2.85. The highest BCUT2D eigenvalue weighted by atomic mass is 31.2. The number of hydrogen-bond donors (Lipinski definition) is 2. The average Bonchev–Trinajstić information content (AvgIpc) is 3.44. The smallest absolute Gasteiger partial charge is 0.130 e. The van der Waals surface area contributed by atoms with Crippen LogP contribution in [0.2, 0.25) is 0 Å². The molecular weight excluding hydrogens is 519 g/mol. The second-order valence-electron chi connectivity index (χ2n) is 12.4. The van der Waals surface area contributed by atoms with Crippen LogP contribution in [-0.2, 0) is 11.1 Å². The fraction of sp³-hybridized carbons (Fsp3) is 0.333. The van der Waals surface area contributed by atoms with Crippen molar-refractivity contribution in [1.82, 2.24) is 19.5 Å². The Bertz CT molecular complexity index is 1250. The second kappa shape index (κ2) is 10.8. The summed E-state index contributed by atoms with van der Waals surface area (Å²) in [5.74, 6) is 0.784. The van der Waals surface area contributed by atoms with Crippen molar-refractivity contribution in [2.24, 2.45) is 11.8 Å². The van der Waals surface area contributed by atoms with E-state index in [1.807, 2.05) is 0 Å². The molecule has 0 bridgehead atoms. The first-order valence-corrected chi connectivity index (χ1v) is 16.6. The van der Waals surface area contributed by atoms with Gasteiger partial charge < -0.3 is 0 Å². The molecule has 0 aliphatic carbocycles. The van der Waals surface area contributed by atoms with Gasteiger partial charge in [-0.3, -0.25) is 0 Å². The monoisotopic (exact) mass is 563 g/mol. The van der Waals surface area contributed by atoms with Crippen molar-refractivity contribution in [3.8, 4) is 0 Å². The topological polar surface area (TPSA) is 30.5 Å². The summed E-state index contributed by atoms with van der Waals surface area (Å²) in [6.07, 6.45) is 0. The predicted molar refractivity (Wildman–Crippen MR) is 173 cm³/mol. The SMILES string of the molecule is CC(C)C1N(C)[P+]2(NC1(c1ccccc1)c1ccccc1)NC(c1ccccc1)(c1ccccc1)[C@H](C(C)C)N2C. The molecule has 2 fully saturated rings. The molecule has 2 N–H and O–H groups in total. The van der Waals surface area contributed by atoms with Crippen LogP contribution in [0.15, 0.2) is 121 Å². The van der Waals surface area contributed by atoms with Crippen molar-refractivity contribution in [2.75, 3.05) is 14.1 Å². The third-order valence-corrected chi connectivity index (χ3v) is 13.1. The lowest BCUT2D eigenvalue weighted by Crippen LogP contribution is -2.50. The third-order valence-electron chi connectivity index (χ3n) is 9.45. The van der Waals surface area contributed by atoms with Crippen molar-refractivity contribution in [1.29, 1.82) is 0 Å². The molecule has 2 unspecified atom stereocenters. The summed E-state index contributed by atoms with van der Waals surface area (Å²) in [7, 11) is 2.37. The normalized spacial score (nSPS) is 25.9. The lowest BCUT2D eigenvalue weighted by atomic mass is 9.74. The molecule has 2 saturated heterocycles. The molecule has 4 nitrogen and oxygen atoms in total. The summed E-state index contributed by atoms with van der Waals surface area (Å²) in [6.45, 7) is 9.51. The molecule has 212 valence electrons. The van der Waals surface area contributed by atoms with Crippen LogP contribution in [0, 0.1) is 11.8 Å². The molecule has 1 spiro atoms. The average molecular weight is 564 g/mol. The zero-order valence-corrected chi connectivity index (χ0v) is 26.1. The van der Waals surface area contributed by atoms with Crippen LogP contribution in [0.1, 0.15) is 49.9 Å². The third kappa shape index (κ3) is 4.15. The van der Waals surface area contributed by atoms with Gasteiger partial charge in [-0.05, 0) is 34.1 Å². The van der Waals surface area contributed by atoms with Crippen molar-refractivity contribution < 1.29 is 0 Å². The lowest BCUT2D eigenvalue weighted by Gasteiger charge is -2.36. The number of nitrogens with zero attached hydrogens (tertiary/aromatic N) is 2. The number of benzene rings is 4. The van der Waals surface area contributed by atoms with Gasteiger partial charge in [0.15, 0.2) is 0 Å². The second-order valence-corrected chi connectivity index (χ2v) is 15.3. The Labute approximate surface area is 247 Å². The van der Waals surface area contributed by atoms with E-state index in [9.17, 15) is 0 Å². The summed E-state index contributed by atoms with van der Waals surface area (Å²) in [5.41, 5.74) is 4.43. The molecule has 2 aliphatic heterocycles. The Morgan fingerprint density at radius 3 is 0.951 bits per heavy atom. The highest BCUT2D eigenvalue weighted by Gasteiger charge is 2.77. The fourth-order valence-electron chi connectivity index (χ4n) is 8.05. The fourth-order valence-corrected chi connectivity index (χ4v) is 12.5. The van der Waals surface area contributed by atoms with Gasteiger partial charge in [0.1, 0.15) is 11.1 Å². The largest absolute Gasteiger partial charge is 0.306 e. The van der Waals surface area contributed by atoms with E-state index in [1.54, 1.807) is 0 Å². The first-order chi connectivity index (χ1) is 19.8. The van der Waals surface area contributed by atoms with Crippen LogP contribution in [0.3, 0.4) is 0 Å². The van der Waals surface area contributed by atoms with Crippen LogP contribution in [0.4, 0.5) is 0 Å². The summed E-state index contributed by atoms with van der Waals surface area (Å²) in [5, 5.41) is 8.95. The molecule has 2 heterocycles. The van der Waals surface area contributed by atoms with Gasteiger partial charge in [-0.1, -0.05) is 149 Å². The van der Waals surface area contributed by atoms with E-state index in [0.29, 0.717) is 11.8 Å². The molecule has 41 heavy (non-hydrogen) atoms. The van der Waals surface area contributed by atoms with Gasteiger partial charge in [0.05, 0.1) is 12.1 Å². The summed E-state index contributed by atoms with van der Waals surface area (Å²) < 4.78 is 5.39.